The van der Waals surface area contributed by atoms with Crippen molar-refractivity contribution in [2.45, 2.75) is 38.6 Å². The number of nitrogens with two attached hydrogens (primary N) is 1. The fourth-order valence-electron chi connectivity index (χ4n) is 3.74. The topological polar surface area (TPSA) is 63.4 Å². The van der Waals surface area contributed by atoms with E-state index in [-0.39, 0.29) is 17.5 Å². The number of rotatable bonds is 5. The Morgan fingerprint density at radius 2 is 2.00 bits per heavy atom. The molecule has 2 aromatic rings. The summed E-state index contributed by atoms with van der Waals surface area (Å²) in [4.78, 5) is 26.6. The van der Waals surface area contributed by atoms with Gasteiger partial charge in [0.05, 0.1) is 5.56 Å². The highest BCUT2D eigenvalue weighted by molar-refractivity contribution is 6.01. The number of hydrogen-bond donors (Lipinski definition) is 1. The third kappa shape index (κ3) is 3.47. The number of amides is 2. The van der Waals surface area contributed by atoms with Crippen LogP contribution in [-0.4, -0.2) is 29.3 Å². The van der Waals surface area contributed by atoms with Crippen LogP contribution in [0.4, 0.5) is 4.39 Å². The number of primary amides is 1. The maximum Gasteiger partial charge on any atom is 0.254 e. The van der Waals surface area contributed by atoms with Gasteiger partial charge in [-0.1, -0.05) is 37.6 Å². The van der Waals surface area contributed by atoms with Gasteiger partial charge in [-0.2, -0.15) is 0 Å². The van der Waals surface area contributed by atoms with Gasteiger partial charge < -0.3 is 10.6 Å². The molecule has 1 aliphatic rings. The molecule has 0 radical (unpaired) electrons. The number of carbonyl (C=O) groups excluding carboxylic acids is 2. The van der Waals surface area contributed by atoms with Crippen LogP contribution in [0.25, 0.3) is 11.1 Å². The Labute approximate surface area is 152 Å². The van der Waals surface area contributed by atoms with Crippen molar-refractivity contribution in [2.75, 3.05) is 6.54 Å². The maximum absolute atomic E-state index is 14.1. The molecule has 4 nitrogen and oxygen atoms in total. The lowest BCUT2D eigenvalue weighted by atomic mass is 9.97. The lowest BCUT2D eigenvalue weighted by molar-refractivity contribution is 0.0730. The molecule has 0 saturated carbocycles. The zero-order chi connectivity index (χ0) is 18.7. The van der Waals surface area contributed by atoms with Gasteiger partial charge in [-0.05, 0) is 48.6 Å². The van der Waals surface area contributed by atoms with Gasteiger partial charge in [0.15, 0.2) is 0 Å². The molecule has 1 saturated heterocycles. The third-order valence-corrected chi connectivity index (χ3v) is 4.94. The highest BCUT2D eigenvalue weighted by Gasteiger charge is 2.28. The predicted molar refractivity (Wildman–Crippen MR) is 99.3 cm³/mol. The Balaban J connectivity index is 1.96. The van der Waals surface area contributed by atoms with Crippen LogP contribution in [0.5, 0.6) is 0 Å². The molecule has 5 heteroatoms. The number of likely N-dealkylation sites (tertiary alicyclic amines) is 1. The molecule has 136 valence electrons. The Morgan fingerprint density at radius 3 is 2.73 bits per heavy atom. The Morgan fingerprint density at radius 1 is 1.23 bits per heavy atom. The second-order valence-corrected chi connectivity index (χ2v) is 6.69. The van der Waals surface area contributed by atoms with Gasteiger partial charge in [0.2, 0.25) is 0 Å². The van der Waals surface area contributed by atoms with Crippen LogP contribution >= 0.6 is 0 Å². The highest BCUT2D eigenvalue weighted by Crippen LogP contribution is 2.28. The Bertz CT molecular complexity index is 835. The fraction of sp³-hybridized carbons (Fsp3) is 0.333. The summed E-state index contributed by atoms with van der Waals surface area (Å²) in [6.45, 7) is 2.89. The van der Waals surface area contributed by atoms with Crippen LogP contribution in [0.1, 0.15) is 53.3 Å². The standard InChI is InChI=1S/C21H23FN2O2/c1-2-6-16-9-5-12-24(16)21(26)15-8-3-7-14(13-15)17-10-4-11-18(22)19(17)20(23)25/h3-4,7-8,10-11,13,16H,2,5-6,9,12H2,1H3,(H2,23,25). The molecule has 0 bridgehead atoms. The largest absolute Gasteiger partial charge is 0.365 e. The van der Waals surface area contributed by atoms with Crippen molar-refractivity contribution in [1.29, 1.82) is 0 Å². The zero-order valence-corrected chi connectivity index (χ0v) is 14.9. The minimum atomic E-state index is -0.822. The van der Waals surface area contributed by atoms with E-state index in [1.54, 1.807) is 30.3 Å². The highest BCUT2D eigenvalue weighted by atomic mass is 19.1. The number of halogens is 1. The molecule has 1 fully saturated rings. The van der Waals surface area contributed by atoms with Crippen LogP contribution in [0.3, 0.4) is 0 Å². The molecule has 1 atom stereocenters. The monoisotopic (exact) mass is 354 g/mol. The molecule has 26 heavy (non-hydrogen) atoms. The van der Waals surface area contributed by atoms with Crippen LogP contribution in [0.2, 0.25) is 0 Å². The van der Waals surface area contributed by atoms with Crippen molar-refractivity contribution in [3.8, 4) is 11.1 Å². The number of benzene rings is 2. The predicted octanol–water partition coefficient (Wildman–Crippen LogP) is 4.00. The first-order chi connectivity index (χ1) is 12.5. The second kappa shape index (κ2) is 7.68. The van der Waals surface area contributed by atoms with Crippen molar-refractivity contribution < 1.29 is 14.0 Å². The van der Waals surface area contributed by atoms with E-state index < -0.39 is 11.7 Å². The first-order valence-electron chi connectivity index (χ1n) is 9.02. The normalized spacial score (nSPS) is 16.7. The molecular formula is C21H23FN2O2. The van der Waals surface area contributed by atoms with Crippen molar-refractivity contribution in [1.82, 2.24) is 4.90 Å². The van der Waals surface area contributed by atoms with E-state index in [2.05, 4.69) is 6.92 Å². The number of carbonyl (C=O) groups is 2. The Kier molecular flexibility index (Phi) is 5.35. The van der Waals surface area contributed by atoms with Crippen LogP contribution in [0.15, 0.2) is 42.5 Å². The van der Waals surface area contributed by atoms with E-state index in [9.17, 15) is 14.0 Å². The first-order valence-corrected chi connectivity index (χ1v) is 9.02. The van der Waals surface area contributed by atoms with E-state index in [1.807, 2.05) is 4.90 Å². The lowest BCUT2D eigenvalue weighted by Crippen LogP contribution is -2.35. The summed E-state index contributed by atoms with van der Waals surface area (Å²) in [6, 6.07) is 11.6. The molecule has 2 N–H and O–H groups in total. The summed E-state index contributed by atoms with van der Waals surface area (Å²) < 4.78 is 14.1. The molecule has 0 aromatic heterocycles. The van der Waals surface area contributed by atoms with E-state index in [0.717, 1.165) is 32.2 Å². The minimum Gasteiger partial charge on any atom is -0.365 e. The quantitative estimate of drug-likeness (QED) is 0.882. The molecule has 1 aliphatic heterocycles. The van der Waals surface area contributed by atoms with Crippen LogP contribution in [-0.2, 0) is 0 Å². The van der Waals surface area contributed by atoms with Crippen molar-refractivity contribution >= 4 is 11.8 Å². The van der Waals surface area contributed by atoms with Crippen molar-refractivity contribution in [2.24, 2.45) is 5.73 Å². The van der Waals surface area contributed by atoms with Gasteiger partial charge >= 0.3 is 0 Å². The second-order valence-electron chi connectivity index (χ2n) is 6.69. The molecule has 3 rings (SSSR count). The minimum absolute atomic E-state index is 0.0140. The number of nitrogens with zero attached hydrogens (tertiary/aromatic N) is 1. The van der Waals surface area contributed by atoms with Crippen molar-refractivity contribution in [3.63, 3.8) is 0 Å². The van der Waals surface area contributed by atoms with Gasteiger partial charge in [-0.15, -0.1) is 0 Å². The van der Waals surface area contributed by atoms with E-state index in [4.69, 9.17) is 5.73 Å². The van der Waals surface area contributed by atoms with Gasteiger partial charge in [0.1, 0.15) is 5.82 Å². The summed E-state index contributed by atoms with van der Waals surface area (Å²) in [5.41, 5.74) is 6.75. The molecule has 1 unspecified atom stereocenters. The summed E-state index contributed by atoms with van der Waals surface area (Å²) >= 11 is 0. The Hall–Kier alpha value is -2.69. The van der Waals surface area contributed by atoms with E-state index in [1.165, 1.54) is 12.1 Å². The van der Waals surface area contributed by atoms with Gasteiger partial charge in [0, 0.05) is 18.2 Å². The molecule has 2 aromatic carbocycles. The van der Waals surface area contributed by atoms with Crippen LogP contribution in [0, 0.1) is 5.82 Å². The lowest BCUT2D eigenvalue weighted by Gasteiger charge is -2.24. The zero-order valence-electron chi connectivity index (χ0n) is 14.9. The summed E-state index contributed by atoms with van der Waals surface area (Å²) in [7, 11) is 0. The average molecular weight is 354 g/mol. The molecule has 0 aliphatic carbocycles. The smallest absolute Gasteiger partial charge is 0.254 e. The summed E-state index contributed by atoms with van der Waals surface area (Å²) in [5, 5.41) is 0. The number of hydrogen-bond acceptors (Lipinski definition) is 2. The van der Waals surface area contributed by atoms with Gasteiger partial charge in [0.25, 0.3) is 11.8 Å². The molecule has 0 spiro atoms. The summed E-state index contributed by atoms with van der Waals surface area (Å²) in [6.07, 6.45) is 4.10. The average Bonchev–Trinajstić information content (AvgIpc) is 3.09. The van der Waals surface area contributed by atoms with E-state index >= 15 is 0 Å². The van der Waals surface area contributed by atoms with Gasteiger partial charge in [-0.25, -0.2) is 4.39 Å². The van der Waals surface area contributed by atoms with Crippen LogP contribution < -0.4 is 5.73 Å². The third-order valence-electron chi connectivity index (χ3n) is 4.94. The first kappa shape index (κ1) is 18.1. The molecular weight excluding hydrogens is 331 g/mol. The SMILES string of the molecule is CCCC1CCCN1C(=O)c1cccc(-c2cccc(F)c2C(N)=O)c1. The fourth-order valence-corrected chi connectivity index (χ4v) is 3.74. The summed E-state index contributed by atoms with van der Waals surface area (Å²) in [5.74, 6) is -1.49. The molecule has 1 heterocycles. The maximum atomic E-state index is 14.1. The molecule has 2 amide bonds. The van der Waals surface area contributed by atoms with Gasteiger partial charge in [-0.3, -0.25) is 9.59 Å². The van der Waals surface area contributed by atoms with Crippen molar-refractivity contribution in [3.05, 3.63) is 59.4 Å². The van der Waals surface area contributed by atoms with E-state index in [0.29, 0.717) is 16.7 Å².